The lowest BCUT2D eigenvalue weighted by Crippen LogP contribution is -2.55. The van der Waals surface area contributed by atoms with E-state index < -0.39 is 28.1 Å². The SMILES string of the molecule is Cc1ccc(S(=O)(=O)N2CC(C)N(C(=O)C(F)(F)F)c3ccc(Br)cc32)cc1. The van der Waals surface area contributed by atoms with Gasteiger partial charge in [0.05, 0.1) is 28.9 Å². The van der Waals surface area contributed by atoms with Gasteiger partial charge in [0, 0.05) is 4.47 Å². The van der Waals surface area contributed by atoms with Crippen molar-refractivity contribution >= 4 is 43.2 Å². The summed E-state index contributed by atoms with van der Waals surface area (Å²) >= 11 is 3.21. The van der Waals surface area contributed by atoms with Crippen LogP contribution in [0.5, 0.6) is 0 Å². The summed E-state index contributed by atoms with van der Waals surface area (Å²) in [5, 5.41) is 0. The minimum atomic E-state index is -5.07. The van der Waals surface area contributed by atoms with Crippen LogP contribution in [0.2, 0.25) is 0 Å². The average Bonchev–Trinajstić information content (AvgIpc) is 2.60. The lowest BCUT2D eigenvalue weighted by Gasteiger charge is -2.41. The van der Waals surface area contributed by atoms with Crippen LogP contribution in [0.15, 0.2) is 51.8 Å². The number of hydrogen-bond acceptors (Lipinski definition) is 3. The number of hydrogen-bond donors (Lipinski definition) is 0. The second-order valence-corrected chi connectivity index (χ2v) is 9.28. The van der Waals surface area contributed by atoms with Crippen molar-refractivity contribution < 1.29 is 26.4 Å². The van der Waals surface area contributed by atoms with Crippen LogP contribution in [0.3, 0.4) is 0 Å². The maximum absolute atomic E-state index is 13.2. The van der Waals surface area contributed by atoms with E-state index in [0.717, 1.165) is 9.87 Å². The molecule has 0 aliphatic carbocycles. The summed E-state index contributed by atoms with van der Waals surface area (Å²) in [6.07, 6.45) is -5.07. The number of sulfonamides is 1. The average molecular weight is 477 g/mol. The summed E-state index contributed by atoms with van der Waals surface area (Å²) in [5.74, 6) is -2.03. The van der Waals surface area contributed by atoms with E-state index >= 15 is 0 Å². The lowest BCUT2D eigenvalue weighted by atomic mass is 10.1. The Morgan fingerprint density at radius 1 is 1.11 bits per heavy atom. The Bertz CT molecular complexity index is 1020. The second kappa shape index (κ2) is 7.07. The molecule has 1 aliphatic heterocycles. The molecule has 28 heavy (non-hydrogen) atoms. The highest BCUT2D eigenvalue weighted by Gasteiger charge is 2.48. The first-order valence-corrected chi connectivity index (χ1v) is 10.5. The zero-order valence-corrected chi connectivity index (χ0v) is 17.3. The highest BCUT2D eigenvalue weighted by molar-refractivity contribution is 9.10. The summed E-state index contributed by atoms with van der Waals surface area (Å²) < 4.78 is 67.1. The molecule has 1 aliphatic rings. The monoisotopic (exact) mass is 476 g/mol. The van der Waals surface area contributed by atoms with Crippen LogP contribution in [0, 0.1) is 6.92 Å². The van der Waals surface area contributed by atoms with Gasteiger partial charge >= 0.3 is 12.1 Å². The molecular weight excluding hydrogens is 461 g/mol. The number of halogens is 4. The van der Waals surface area contributed by atoms with Crippen LogP contribution >= 0.6 is 15.9 Å². The molecule has 1 amide bonds. The molecule has 0 aromatic heterocycles. The molecule has 1 unspecified atom stereocenters. The van der Waals surface area contributed by atoms with Gasteiger partial charge in [-0.05, 0) is 44.2 Å². The summed E-state index contributed by atoms with van der Waals surface area (Å²) in [6.45, 7) is 2.89. The molecule has 0 N–H and O–H groups in total. The molecule has 0 saturated carbocycles. The molecule has 10 heteroatoms. The van der Waals surface area contributed by atoms with Crippen LogP contribution in [0.1, 0.15) is 12.5 Å². The van der Waals surface area contributed by atoms with Crippen molar-refractivity contribution in [2.45, 2.75) is 31.0 Å². The molecule has 2 aromatic rings. The normalized spacial score (nSPS) is 17.4. The number of carbonyl (C=O) groups is 1. The number of rotatable bonds is 2. The minimum absolute atomic E-state index is 0.00523. The van der Waals surface area contributed by atoms with Gasteiger partial charge in [0.15, 0.2) is 0 Å². The van der Waals surface area contributed by atoms with Crippen LogP contribution in [-0.2, 0) is 14.8 Å². The number of anilines is 2. The molecule has 0 fully saturated rings. The summed E-state index contributed by atoms with van der Waals surface area (Å²) in [6, 6.07) is 9.32. The number of benzene rings is 2. The van der Waals surface area contributed by atoms with E-state index in [1.807, 2.05) is 6.92 Å². The maximum Gasteiger partial charge on any atom is 0.471 e. The quantitative estimate of drug-likeness (QED) is 0.650. The molecule has 1 heterocycles. The van der Waals surface area contributed by atoms with Gasteiger partial charge in [-0.1, -0.05) is 33.6 Å². The van der Waals surface area contributed by atoms with E-state index in [1.54, 1.807) is 12.1 Å². The first-order valence-electron chi connectivity index (χ1n) is 8.22. The van der Waals surface area contributed by atoms with Crippen molar-refractivity contribution in [3.63, 3.8) is 0 Å². The predicted octanol–water partition coefficient (Wildman–Crippen LogP) is 4.25. The van der Waals surface area contributed by atoms with E-state index in [2.05, 4.69) is 15.9 Å². The first-order chi connectivity index (χ1) is 12.9. The third kappa shape index (κ3) is 3.62. The van der Waals surface area contributed by atoms with Gasteiger partial charge in [-0.3, -0.25) is 14.0 Å². The van der Waals surface area contributed by atoms with Crippen LogP contribution in [0.4, 0.5) is 24.5 Å². The van der Waals surface area contributed by atoms with Crippen LogP contribution in [0.25, 0.3) is 0 Å². The standard InChI is InChI=1S/C18H16BrF3N2O3S/c1-11-3-6-14(7-4-11)28(26,27)23-10-12(2)24(17(25)18(20,21)22)15-8-5-13(19)9-16(15)23/h3-9,12H,10H2,1-2H3. The topological polar surface area (TPSA) is 57.7 Å². The van der Waals surface area contributed by atoms with E-state index in [1.165, 1.54) is 37.3 Å². The molecule has 5 nitrogen and oxygen atoms in total. The highest BCUT2D eigenvalue weighted by Crippen LogP contribution is 2.41. The third-order valence-corrected chi connectivity index (χ3v) is 6.69. The van der Waals surface area contributed by atoms with Gasteiger partial charge in [0.25, 0.3) is 10.0 Å². The molecular formula is C18H16BrF3N2O3S. The number of nitrogens with zero attached hydrogens (tertiary/aromatic N) is 2. The predicted molar refractivity (Wildman–Crippen MR) is 103 cm³/mol. The van der Waals surface area contributed by atoms with E-state index in [0.29, 0.717) is 9.37 Å². The van der Waals surface area contributed by atoms with Gasteiger partial charge in [-0.25, -0.2) is 8.42 Å². The number of fused-ring (bicyclic) bond motifs is 1. The Morgan fingerprint density at radius 3 is 2.29 bits per heavy atom. The molecule has 0 spiro atoms. The van der Waals surface area contributed by atoms with Crippen molar-refractivity contribution in [3.8, 4) is 0 Å². The number of amides is 1. The number of alkyl halides is 3. The van der Waals surface area contributed by atoms with Crippen molar-refractivity contribution in [1.29, 1.82) is 0 Å². The third-order valence-electron chi connectivity index (χ3n) is 4.41. The smallest absolute Gasteiger partial charge is 0.298 e. The largest absolute Gasteiger partial charge is 0.471 e. The van der Waals surface area contributed by atoms with Crippen molar-refractivity contribution in [2.24, 2.45) is 0 Å². The van der Waals surface area contributed by atoms with E-state index in [4.69, 9.17) is 0 Å². The molecule has 2 aromatic carbocycles. The zero-order valence-electron chi connectivity index (χ0n) is 14.9. The molecule has 1 atom stereocenters. The second-order valence-electron chi connectivity index (χ2n) is 6.50. The maximum atomic E-state index is 13.2. The fourth-order valence-corrected chi connectivity index (χ4v) is 4.97. The van der Waals surface area contributed by atoms with E-state index in [-0.39, 0.29) is 22.8 Å². The van der Waals surface area contributed by atoms with Crippen molar-refractivity contribution in [3.05, 3.63) is 52.5 Å². The van der Waals surface area contributed by atoms with Gasteiger partial charge < -0.3 is 0 Å². The minimum Gasteiger partial charge on any atom is -0.298 e. The van der Waals surface area contributed by atoms with E-state index in [9.17, 15) is 26.4 Å². The Labute approximate surface area is 168 Å². The Hall–Kier alpha value is -2.07. The fraction of sp³-hybridized carbons (Fsp3) is 0.278. The van der Waals surface area contributed by atoms with Crippen molar-refractivity contribution in [2.75, 3.05) is 15.7 Å². The number of aryl methyl sites for hydroxylation is 1. The van der Waals surface area contributed by atoms with Crippen molar-refractivity contribution in [1.82, 2.24) is 0 Å². The van der Waals surface area contributed by atoms with Gasteiger partial charge in [0.2, 0.25) is 0 Å². The molecule has 0 bridgehead atoms. The van der Waals surface area contributed by atoms with Gasteiger partial charge in [-0.2, -0.15) is 13.2 Å². The Kier molecular flexibility index (Phi) is 5.22. The first kappa shape index (κ1) is 20.7. The Morgan fingerprint density at radius 2 is 1.71 bits per heavy atom. The van der Waals surface area contributed by atoms with Gasteiger partial charge in [0.1, 0.15) is 0 Å². The lowest BCUT2D eigenvalue weighted by molar-refractivity contribution is -0.170. The molecule has 0 radical (unpaired) electrons. The molecule has 3 rings (SSSR count). The summed E-state index contributed by atoms with van der Waals surface area (Å²) in [7, 11) is -4.03. The van der Waals surface area contributed by atoms with Crippen LogP contribution in [-0.4, -0.2) is 33.1 Å². The summed E-state index contributed by atoms with van der Waals surface area (Å²) in [4.78, 5) is 12.6. The summed E-state index contributed by atoms with van der Waals surface area (Å²) in [5.41, 5.74) is 0.765. The fourth-order valence-electron chi connectivity index (χ4n) is 3.07. The Balaban J connectivity index is 2.16. The molecule has 0 saturated heterocycles. The molecule has 150 valence electrons. The highest BCUT2D eigenvalue weighted by atomic mass is 79.9. The zero-order chi connectivity index (χ0) is 20.9. The van der Waals surface area contributed by atoms with Gasteiger partial charge in [-0.15, -0.1) is 0 Å². The number of carbonyl (C=O) groups excluding carboxylic acids is 1. The van der Waals surface area contributed by atoms with Crippen LogP contribution < -0.4 is 9.21 Å².